The molecule has 1 unspecified atom stereocenters. The fraction of sp³-hybridized carbons (Fsp3) is 0.688. The summed E-state index contributed by atoms with van der Waals surface area (Å²) in [6.45, 7) is 3.63. The molecule has 0 aliphatic heterocycles. The van der Waals surface area contributed by atoms with E-state index < -0.39 is 23.3 Å². The van der Waals surface area contributed by atoms with Gasteiger partial charge >= 0.3 is 11.9 Å². The summed E-state index contributed by atoms with van der Waals surface area (Å²) in [7, 11) is 2.49. The third-order valence-electron chi connectivity index (χ3n) is 4.24. The van der Waals surface area contributed by atoms with Gasteiger partial charge in [-0.1, -0.05) is 18.9 Å². The molecule has 0 aromatic heterocycles. The van der Waals surface area contributed by atoms with Gasteiger partial charge in [-0.15, -0.1) is 6.58 Å². The number of ether oxygens (including phenoxy) is 2. The minimum absolute atomic E-state index is 0.0842. The van der Waals surface area contributed by atoms with Gasteiger partial charge in [-0.05, 0) is 25.2 Å². The number of esters is 2. The Morgan fingerprint density at radius 3 is 2.38 bits per heavy atom. The second-order valence-corrected chi connectivity index (χ2v) is 5.49. The molecule has 118 valence electrons. The van der Waals surface area contributed by atoms with Crippen LogP contribution >= 0.6 is 0 Å². The van der Waals surface area contributed by atoms with Crippen LogP contribution in [0.1, 0.15) is 44.9 Å². The highest BCUT2D eigenvalue weighted by Gasteiger charge is 2.53. The van der Waals surface area contributed by atoms with Crippen LogP contribution in [0, 0.1) is 11.3 Å². The normalized spacial score (nSPS) is 20.1. The van der Waals surface area contributed by atoms with Crippen LogP contribution in [-0.4, -0.2) is 31.9 Å². The first-order valence-corrected chi connectivity index (χ1v) is 7.32. The second-order valence-electron chi connectivity index (χ2n) is 5.49. The Morgan fingerprint density at radius 1 is 1.24 bits per heavy atom. The van der Waals surface area contributed by atoms with E-state index in [9.17, 15) is 14.4 Å². The highest BCUT2D eigenvalue weighted by molar-refractivity contribution is 6.01. The Morgan fingerprint density at radius 2 is 1.86 bits per heavy atom. The van der Waals surface area contributed by atoms with E-state index in [0.717, 1.165) is 19.3 Å². The Labute approximate surface area is 125 Å². The first-order chi connectivity index (χ1) is 10.0. The summed E-state index contributed by atoms with van der Waals surface area (Å²) in [5.74, 6) is -1.61. The van der Waals surface area contributed by atoms with E-state index in [2.05, 4.69) is 6.58 Å². The predicted molar refractivity (Wildman–Crippen MR) is 77.5 cm³/mol. The summed E-state index contributed by atoms with van der Waals surface area (Å²) in [4.78, 5) is 36.7. The van der Waals surface area contributed by atoms with Crippen molar-refractivity contribution < 1.29 is 23.9 Å². The van der Waals surface area contributed by atoms with Crippen molar-refractivity contribution in [2.75, 3.05) is 14.2 Å². The van der Waals surface area contributed by atoms with Crippen molar-refractivity contribution in [1.29, 1.82) is 0 Å². The molecule has 1 saturated carbocycles. The number of carbonyl (C=O) groups excluding carboxylic acids is 3. The molecule has 5 heteroatoms. The average molecular weight is 296 g/mol. The van der Waals surface area contributed by atoms with Crippen LogP contribution in [0.3, 0.4) is 0 Å². The zero-order valence-corrected chi connectivity index (χ0v) is 12.9. The van der Waals surface area contributed by atoms with E-state index in [4.69, 9.17) is 9.47 Å². The minimum Gasteiger partial charge on any atom is -0.468 e. The van der Waals surface area contributed by atoms with E-state index in [1.165, 1.54) is 20.3 Å². The predicted octanol–water partition coefficient (Wildman–Crippen LogP) is 2.43. The first kappa shape index (κ1) is 17.4. The van der Waals surface area contributed by atoms with Crippen LogP contribution < -0.4 is 0 Å². The van der Waals surface area contributed by atoms with Crippen molar-refractivity contribution in [2.45, 2.75) is 44.9 Å². The van der Waals surface area contributed by atoms with Crippen molar-refractivity contribution in [1.82, 2.24) is 0 Å². The van der Waals surface area contributed by atoms with Crippen molar-refractivity contribution in [3.8, 4) is 0 Å². The highest BCUT2D eigenvalue weighted by Crippen LogP contribution is 2.41. The lowest BCUT2D eigenvalue weighted by atomic mass is 9.67. The number of Topliss-reactive ketones (excluding diaryl/α,β-unsaturated/α-hetero) is 1. The third-order valence-corrected chi connectivity index (χ3v) is 4.24. The summed E-state index contributed by atoms with van der Waals surface area (Å²) < 4.78 is 9.71. The Hall–Kier alpha value is -1.65. The first-order valence-electron chi connectivity index (χ1n) is 7.32. The van der Waals surface area contributed by atoms with Crippen molar-refractivity contribution in [3.63, 3.8) is 0 Å². The molecule has 0 spiro atoms. The quantitative estimate of drug-likeness (QED) is 0.443. The standard InChI is InChI=1S/C16H24O5/c1-4-10-16(14(18)20-2,15(19)21-3)12-8-6-5-7-9-13(17)11-12/h4,12H,1,5-11H2,2-3H3. The lowest BCUT2D eigenvalue weighted by Gasteiger charge is -2.35. The molecule has 1 fully saturated rings. The largest absolute Gasteiger partial charge is 0.468 e. The maximum absolute atomic E-state index is 12.3. The van der Waals surface area contributed by atoms with Gasteiger partial charge in [0.05, 0.1) is 14.2 Å². The fourth-order valence-electron chi connectivity index (χ4n) is 3.13. The number of hydrogen-bond acceptors (Lipinski definition) is 5. The molecule has 0 heterocycles. The maximum Gasteiger partial charge on any atom is 0.323 e. The van der Waals surface area contributed by atoms with Crippen LogP contribution in [0.25, 0.3) is 0 Å². The number of carbonyl (C=O) groups is 3. The summed E-state index contributed by atoms with van der Waals surface area (Å²) in [5.41, 5.74) is -1.46. The van der Waals surface area contributed by atoms with Gasteiger partial charge in [-0.2, -0.15) is 0 Å². The van der Waals surface area contributed by atoms with Crippen LogP contribution in [0.4, 0.5) is 0 Å². The molecule has 1 aliphatic rings. The van der Waals surface area contributed by atoms with Gasteiger partial charge < -0.3 is 9.47 Å². The van der Waals surface area contributed by atoms with E-state index in [1.54, 1.807) is 0 Å². The number of ketones is 1. The summed E-state index contributed by atoms with van der Waals surface area (Å²) in [5, 5.41) is 0. The number of hydrogen-bond donors (Lipinski definition) is 0. The molecule has 21 heavy (non-hydrogen) atoms. The van der Waals surface area contributed by atoms with Gasteiger partial charge in [0.1, 0.15) is 5.78 Å². The lowest BCUT2D eigenvalue weighted by molar-refractivity contribution is -0.174. The molecule has 0 N–H and O–H groups in total. The van der Waals surface area contributed by atoms with Crippen molar-refractivity contribution in [3.05, 3.63) is 12.7 Å². The monoisotopic (exact) mass is 296 g/mol. The average Bonchev–Trinajstić information content (AvgIpc) is 2.47. The van der Waals surface area contributed by atoms with E-state index >= 15 is 0 Å². The Kier molecular flexibility index (Phi) is 6.59. The van der Waals surface area contributed by atoms with Crippen molar-refractivity contribution in [2.24, 2.45) is 11.3 Å². The molecule has 0 bridgehead atoms. The van der Waals surface area contributed by atoms with Gasteiger partial charge in [0.15, 0.2) is 5.41 Å². The van der Waals surface area contributed by atoms with Gasteiger partial charge in [0.25, 0.3) is 0 Å². The highest BCUT2D eigenvalue weighted by atomic mass is 16.5. The summed E-state index contributed by atoms with van der Waals surface area (Å²) in [6.07, 6.45) is 5.64. The fourth-order valence-corrected chi connectivity index (χ4v) is 3.13. The van der Waals surface area contributed by atoms with Gasteiger partial charge in [-0.25, -0.2) is 0 Å². The zero-order valence-electron chi connectivity index (χ0n) is 12.9. The topological polar surface area (TPSA) is 69.7 Å². The molecule has 5 nitrogen and oxygen atoms in total. The molecule has 0 aromatic rings. The van der Waals surface area contributed by atoms with Crippen LogP contribution in [0.15, 0.2) is 12.7 Å². The van der Waals surface area contributed by atoms with E-state index in [1.807, 2.05) is 0 Å². The summed E-state index contributed by atoms with van der Waals surface area (Å²) >= 11 is 0. The molecule has 0 aromatic carbocycles. The van der Waals surface area contributed by atoms with Crippen LogP contribution in [0.2, 0.25) is 0 Å². The van der Waals surface area contributed by atoms with Crippen molar-refractivity contribution >= 4 is 17.7 Å². The molecular formula is C16H24O5. The van der Waals surface area contributed by atoms with E-state index in [-0.39, 0.29) is 18.6 Å². The SMILES string of the molecule is C=CCC(C(=O)OC)(C(=O)OC)C1CCCCCC(=O)C1. The second kappa shape index (κ2) is 7.96. The molecule has 1 rings (SSSR count). The lowest BCUT2D eigenvalue weighted by Crippen LogP contribution is -2.48. The van der Waals surface area contributed by atoms with Crippen LogP contribution in [0.5, 0.6) is 0 Å². The number of methoxy groups -OCH3 is 2. The molecule has 1 aliphatic carbocycles. The molecule has 0 saturated heterocycles. The van der Waals surface area contributed by atoms with Crippen LogP contribution in [-0.2, 0) is 23.9 Å². The van der Waals surface area contributed by atoms with Gasteiger partial charge in [-0.3, -0.25) is 14.4 Å². The van der Waals surface area contributed by atoms with E-state index in [0.29, 0.717) is 12.8 Å². The molecule has 0 amide bonds. The third kappa shape index (κ3) is 3.71. The number of allylic oxidation sites excluding steroid dienone is 1. The Balaban J connectivity index is 3.23. The minimum atomic E-state index is -1.46. The summed E-state index contributed by atoms with van der Waals surface area (Å²) in [6, 6.07) is 0. The molecule has 1 atom stereocenters. The maximum atomic E-state index is 12.3. The van der Waals surface area contributed by atoms with Gasteiger partial charge in [0.2, 0.25) is 0 Å². The smallest absolute Gasteiger partial charge is 0.323 e. The number of rotatable bonds is 5. The van der Waals surface area contributed by atoms with Gasteiger partial charge in [0, 0.05) is 12.8 Å². The molecular weight excluding hydrogens is 272 g/mol. The Bertz CT molecular complexity index is 397. The molecule has 0 radical (unpaired) electrons. The zero-order chi connectivity index (χ0) is 15.9.